The Morgan fingerprint density at radius 2 is 1.27 bits per heavy atom. The van der Waals surface area contributed by atoms with Crippen LogP contribution in [0, 0.1) is 5.92 Å². The van der Waals surface area contributed by atoms with Crippen molar-refractivity contribution in [1.82, 2.24) is 4.90 Å². The zero-order chi connectivity index (χ0) is 22.9. The first kappa shape index (κ1) is 23.4. The van der Waals surface area contributed by atoms with Crippen LogP contribution < -0.4 is 0 Å². The second kappa shape index (κ2) is 11.4. The van der Waals surface area contributed by atoms with Gasteiger partial charge in [0.15, 0.2) is 5.78 Å². The Labute approximate surface area is 198 Å². The standard InChI is InChI=1S/C30H35NO2/c32-29(25-13-5-1-6-14-25)19-11-4-12-22-31-23-20-28(21-24-31)30(33,26-15-7-2-8-16-26)27-17-9-3-10-18-27/h1-3,5-10,13-18,28,33H,4,11-12,19-24H2. The highest BCUT2D eigenvalue weighted by atomic mass is 16.3. The molecule has 0 radical (unpaired) electrons. The van der Waals surface area contributed by atoms with Gasteiger partial charge in [-0.1, -0.05) is 97.4 Å². The first-order valence-electron chi connectivity index (χ1n) is 12.3. The maximum atomic E-state index is 12.2. The van der Waals surface area contributed by atoms with Crippen LogP contribution >= 0.6 is 0 Å². The van der Waals surface area contributed by atoms with Crippen LogP contribution in [0.15, 0.2) is 91.0 Å². The van der Waals surface area contributed by atoms with Crippen molar-refractivity contribution >= 4 is 5.78 Å². The molecule has 0 spiro atoms. The van der Waals surface area contributed by atoms with Crippen LogP contribution in [0.5, 0.6) is 0 Å². The molecule has 1 aliphatic heterocycles. The first-order chi connectivity index (χ1) is 16.2. The molecule has 0 saturated carbocycles. The van der Waals surface area contributed by atoms with E-state index in [1.807, 2.05) is 66.7 Å². The summed E-state index contributed by atoms with van der Waals surface area (Å²) in [5.74, 6) is 0.444. The van der Waals surface area contributed by atoms with Crippen molar-refractivity contribution in [2.24, 2.45) is 5.92 Å². The first-order valence-corrected chi connectivity index (χ1v) is 12.3. The smallest absolute Gasteiger partial charge is 0.162 e. The van der Waals surface area contributed by atoms with E-state index < -0.39 is 5.60 Å². The lowest BCUT2D eigenvalue weighted by atomic mass is 9.72. The number of aliphatic hydroxyl groups is 1. The van der Waals surface area contributed by atoms with Gasteiger partial charge in [0.25, 0.3) is 0 Å². The van der Waals surface area contributed by atoms with Gasteiger partial charge in [-0.3, -0.25) is 4.79 Å². The van der Waals surface area contributed by atoms with Gasteiger partial charge in [-0.05, 0) is 62.4 Å². The molecule has 3 aromatic rings. The molecule has 0 aliphatic carbocycles. The summed E-state index contributed by atoms with van der Waals surface area (Å²) in [6, 6.07) is 29.9. The molecule has 0 atom stereocenters. The minimum absolute atomic E-state index is 0.196. The number of likely N-dealkylation sites (tertiary alicyclic amines) is 1. The highest BCUT2D eigenvalue weighted by molar-refractivity contribution is 5.95. The Bertz CT molecular complexity index is 940. The van der Waals surface area contributed by atoms with E-state index in [0.717, 1.165) is 68.4 Å². The predicted molar refractivity (Wildman–Crippen MR) is 134 cm³/mol. The summed E-state index contributed by atoms with van der Waals surface area (Å²) in [7, 11) is 0. The average molecular weight is 442 g/mol. The molecular formula is C30H35NO2. The van der Waals surface area contributed by atoms with E-state index in [0.29, 0.717) is 6.42 Å². The third-order valence-electron chi connectivity index (χ3n) is 7.08. The Hall–Kier alpha value is -2.75. The quantitative estimate of drug-likeness (QED) is 0.306. The summed E-state index contributed by atoms with van der Waals surface area (Å²) >= 11 is 0. The monoisotopic (exact) mass is 441 g/mol. The van der Waals surface area contributed by atoms with Gasteiger partial charge < -0.3 is 10.0 Å². The van der Waals surface area contributed by atoms with E-state index in [1.165, 1.54) is 0 Å². The number of ketones is 1. The number of benzene rings is 3. The van der Waals surface area contributed by atoms with Crippen molar-refractivity contribution in [3.8, 4) is 0 Å². The highest BCUT2D eigenvalue weighted by Gasteiger charge is 2.41. The normalized spacial score (nSPS) is 15.4. The molecule has 1 fully saturated rings. The molecule has 1 aliphatic rings. The largest absolute Gasteiger partial charge is 0.380 e. The summed E-state index contributed by atoms with van der Waals surface area (Å²) in [5.41, 5.74) is 1.84. The van der Waals surface area contributed by atoms with Crippen LogP contribution in [0.25, 0.3) is 0 Å². The van der Waals surface area contributed by atoms with Crippen LogP contribution in [0.2, 0.25) is 0 Å². The van der Waals surface area contributed by atoms with Gasteiger partial charge in [0, 0.05) is 12.0 Å². The predicted octanol–water partition coefficient (Wildman–Crippen LogP) is 6.08. The van der Waals surface area contributed by atoms with Gasteiger partial charge in [-0.25, -0.2) is 0 Å². The number of rotatable bonds is 10. The molecule has 3 heteroatoms. The lowest BCUT2D eigenvalue weighted by Gasteiger charge is -2.42. The van der Waals surface area contributed by atoms with Crippen molar-refractivity contribution in [2.45, 2.75) is 44.1 Å². The van der Waals surface area contributed by atoms with Crippen LogP contribution in [0.1, 0.15) is 60.0 Å². The SMILES string of the molecule is O=C(CCCCCN1CCC(C(O)(c2ccccc2)c2ccccc2)CC1)c1ccccc1. The second-order valence-electron chi connectivity index (χ2n) is 9.21. The Kier molecular flexibility index (Phi) is 8.09. The molecule has 33 heavy (non-hydrogen) atoms. The van der Waals surface area contributed by atoms with E-state index in [2.05, 4.69) is 29.2 Å². The molecule has 0 amide bonds. The fraction of sp³-hybridized carbons (Fsp3) is 0.367. The van der Waals surface area contributed by atoms with Crippen LogP contribution in [0.3, 0.4) is 0 Å². The van der Waals surface area contributed by atoms with E-state index in [1.54, 1.807) is 0 Å². The minimum atomic E-state index is -0.952. The molecule has 0 bridgehead atoms. The molecule has 1 saturated heterocycles. The van der Waals surface area contributed by atoms with E-state index in [-0.39, 0.29) is 11.7 Å². The number of hydrogen-bond acceptors (Lipinski definition) is 3. The lowest BCUT2D eigenvalue weighted by molar-refractivity contribution is -0.0143. The number of Topliss-reactive ketones (excluding diaryl/α,β-unsaturated/α-hetero) is 1. The number of hydrogen-bond donors (Lipinski definition) is 1. The number of nitrogens with zero attached hydrogens (tertiary/aromatic N) is 1. The molecule has 1 heterocycles. The zero-order valence-electron chi connectivity index (χ0n) is 19.4. The molecule has 172 valence electrons. The summed E-state index contributed by atoms with van der Waals surface area (Å²) in [6.45, 7) is 3.09. The maximum Gasteiger partial charge on any atom is 0.162 e. The number of unbranched alkanes of at least 4 members (excludes halogenated alkanes) is 2. The molecule has 3 aromatic carbocycles. The fourth-order valence-electron chi connectivity index (χ4n) is 5.16. The Balaban J connectivity index is 1.26. The van der Waals surface area contributed by atoms with Crippen LogP contribution in [-0.4, -0.2) is 35.4 Å². The topological polar surface area (TPSA) is 40.5 Å². The molecule has 3 nitrogen and oxygen atoms in total. The van der Waals surface area contributed by atoms with Crippen molar-refractivity contribution in [1.29, 1.82) is 0 Å². The number of carbonyl (C=O) groups is 1. The number of piperidine rings is 1. The van der Waals surface area contributed by atoms with E-state index in [9.17, 15) is 9.90 Å². The third kappa shape index (κ3) is 5.79. The van der Waals surface area contributed by atoms with E-state index >= 15 is 0 Å². The van der Waals surface area contributed by atoms with Gasteiger partial charge in [0.2, 0.25) is 0 Å². The third-order valence-corrected chi connectivity index (χ3v) is 7.08. The van der Waals surface area contributed by atoms with Gasteiger partial charge in [0.1, 0.15) is 5.60 Å². The number of carbonyl (C=O) groups excluding carboxylic acids is 1. The summed E-state index contributed by atoms with van der Waals surface area (Å²) < 4.78 is 0. The average Bonchev–Trinajstić information content (AvgIpc) is 2.90. The van der Waals surface area contributed by atoms with Gasteiger partial charge in [-0.2, -0.15) is 0 Å². The molecule has 0 unspecified atom stereocenters. The second-order valence-corrected chi connectivity index (χ2v) is 9.21. The van der Waals surface area contributed by atoms with Crippen molar-refractivity contribution < 1.29 is 9.90 Å². The van der Waals surface area contributed by atoms with E-state index in [4.69, 9.17) is 0 Å². The van der Waals surface area contributed by atoms with Crippen molar-refractivity contribution in [3.05, 3.63) is 108 Å². The molecular weight excluding hydrogens is 406 g/mol. The van der Waals surface area contributed by atoms with Crippen molar-refractivity contribution in [3.63, 3.8) is 0 Å². The maximum absolute atomic E-state index is 12.2. The molecule has 0 aromatic heterocycles. The molecule has 4 rings (SSSR count). The van der Waals surface area contributed by atoms with Gasteiger partial charge in [0.05, 0.1) is 0 Å². The summed E-state index contributed by atoms with van der Waals surface area (Å²) in [4.78, 5) is 14.8. The zero-order valence-corrected chi connectivity index (χ0v) is 19.4. The Morgan fingerprint density at radius 1 is 0.758 bits per heavy atom. The highest BCUT2D eigenvalue weighted by Crippen LogP contribution is 2.41. The van der Waals surface area contributed by atoms with Gasteiger partial charge in [-0.15, -0.1) is 0 Å². The van der Waals surface area contributed by atoms with Crippen molar-refractivity contribution in [2.75, 3.05) is 19.6 Å². The van der Waals surface area contributed by atoms with Crippen LogP contribution in [0.4, 0.5) is 0 Å². The van der Waals surface area contributed by atoms with Gasteiger partial charge >= 0.3 is 0 Å². The summed E-state index contributed by atoms with van der Waals surface area (Å²) in [5, 5.41) is 12.0. The lowest BCUT2D eigenvalue weighted by Crippen LogP contribution is -2.44. The minimum Gasteiger partial charge on any atom is -0.380 e. The summed E-state index contributed by atoms with van der Waals surface area (Å²) in [6.07, 6.45) is 5.74. The Morgan fingerprint density at radius 3 is 1.82 bits per heavy atom. The van der Waals surface area contributed by atoms with Crippen LogP contribution in [-0.2, 0) is 5.60 Å². The fourth-order valence-corrected chi connectivity index (χ4v) is 5.16. The molecule has 1 N–H and O–H groups in total.